The van der Waals surface area contributed by atoms with Crippen molar-refractivity contribution in [1.29, 1.82) is 0 Å². The molecule has 4 nitrogen and oxygen atoms in total. The number of nitrogens with one attached hydrogen (secondary N) is 1. The van der Waals surface area contributed by atoms with Crippen molar-refractivity contribution >= 4 is 5.91 Å². The molecule has 24 heavy (non-hydrogen) atoms. The average Bonchev–Trinajstić information content (AvgIpc) is 2.61. The van der Waals surface area contributed by atoms with Gasteiger partial charge in [-0.15, -0.1) is 0 Å². The topological polar surface area (TPSA) is 41.6 Å². The van der Waals surface area contributed by atoms with Crippen LogP contribution in [0.25, 0.3) is 0 Å². The second-order valence-electron chi connectivity index (χ2n) is 6.80. The SMILES string of the molecule is CCC(CC)[C@H](CNC(=O)c1ccc(C)c(C)c1)N1CCOCC1. The molecule has 1 amide bonds. The van der Waals surface area contributed by atoms with Crippen LogP contribution in [-0.4, -0.2) is 49.7 Å². The zero-order chi connectivity index (χ0) is 17.5. The van der Waals surface area contributed by atoms with Crippen molar-refractivity contribution in [2.75, 3.05) is 32.8 Å². The van der Waals surface area contributed by atoms with Gasteiger partial charge in [0.05, 0.1) is 13.2 Å². The number of amides is 1. The van der Waals surface area contributed by atoms with E-state index in [2.05, 4.69) is 31.0 Å². The quantitative estimate of drug-likeness (QED) is 0.834. The van der Waals surface area contributed by atoms with Crippen molar-refractivity contribution in [2.24, 2.45) is 5.92 Å². The molecule has 2 rings (SSSR count). The molecular formula is C20H32N2O2. The van der Waals surface area contributed by atoms with E-state index in [-0.39, 0.29) is 5.91 Å². The van der Waals surface area contributed by atoms with E-state index in [1.165, 1.54) is 5.56 Å². The van der Waals surface area contributed by atoms with Crippen LogP contribution in [0.4, 0.5) is 0 Å². The van der Waals surface area contributed by atoms with E-state index in [1.54, 1.807) is 0 Å². The van der Waals surface area contributed by atoms with Gasteiger partial charge in [0.25, 0.3) is 5.91 Å². The number of aryl methyl sites for hydroxylation is 2. The highest BCUT2D eigenvalue weighted by atomic mass is 16.5. The van der Waals surface area contributed by atoms with Crippen molar-refractivity contribution < 1.29 is 9.53 Å². The number of morpholine rings is 1. The summed E-state index contributed by atoms with van der Waals surface area (Å²) in [5.74, 6) is 0.630. The van der Waals surface area contributed by atoms with Crippen LogP contribution in [0.3, 0.4) is 0 Å². The fraction of sp³-hybridized carbons (Fsp3) is 0.650. The highest BCUT2D eigenvalue weighted by Gasteiger charge is 2.27. The molecule has 1 aliphatic heterocycles. The van der Waals surface area contributed by atoms with Crippen molar-refractivity contribution in [3.05, 3.63) is 34.9 Å². The van der Waals surface area contributed by atoms with Gasteiger partial charge in [-0.05, 0) is 43.0 Å². The minimum absolute atomic E-state index is 0.0299. The van der Waals surface area contributed by atoms with Gasteiger partial charge >= 0.3 is 0 Å². The predicted octanol–water partition coefficient (Wildman–Crippen LogP) is 3.17. The Morgan fingerprint density at radius 2 is 1.83 bits per heavy atom. The summed E-state index contributed by atoms with van der Waals surface area (Å²) in [4.78, 5) is 15.0. The predicted molar refractivity (Wildman–Crippen MR) is 98.5 cm³/mol. The summed E-state index contributed by atoms with van der Waals surface area (Å²) in [7, 11) is 0. The van der Waals surface area contributed by atoms with Crippen molar-refractivity contribution in [1.82, 2.24) is 10.2 Å². The number of nitrogens with zero attached hydrogens (tertiary/aromatic N) is 1. The molecule has 1 heterocycles. The van der Waals surface area contributed by atoms with E-state index in [9.17, 15) is 4.79 Å². The molecule has 0 aromatic heterocycles. The smallest absolute Gasteiger partial charge is 0.251 e. The molecule has 0 aliphatic carbocycles. The molecule has 0 spiro atoms. The lowest BCUT2D eigenvalue weighted by Gasteiger charge is -2.38. The first kappa shape index (κ1) is 18.9. The molecule has 1 aromatic carbocycles. The van der Waals surface area contributed by atoms with E-state index in [0.29, 0.717) is 18.5 Å². The molecule has 0 radical (unpaired) electrons. The Morgan fingerprint density at radius 3 is 2.42 bits per heavy atom. The number of hydrogen-bond acceptors (Lipinski definition) is 3. The molecule has 1 fully saturated rings. The Bertz CT molecular complexity index is 534. The maximum Gasteiger partial charge on any atom is 0.251 e. The second-order valence-corrected chi connectivity index (χ2v) is 6.80. The van der Waals surface area contributed by atoms with E-state index in [4.69, 9.17) is 4.74 Å². The molecule has 1 saturated heterocycles. The van der Waals surface area contributed by atoms with Gasteiger partial charge in [-0.1, -0.05) is 32.8 Å². The van der Waals surface area contributed by atoms with Gasteiger partial charge in [-0.25, -0.2) is 0 Å². The van der Waals surface area contributed by atoms with Crippen LogP contribution >= 0.6 is 0 Å². The Kier molecular flexibility index (Phi) is 7.25. The largest absolute Gasteiger partial charge is 0.379 e. The Labute approximate surface area is 146 Å². The van der Waals surface area contributed by atoms with E-state index in [1.807, 2.05) is 25.1 Å². The third-order valence-corrected chi connectivity index (χ3v) is 5.35. The van der Waals surface area contributed by atoms with Crippen LogP contribution in [0.5, 0.6) is 0 Å². The van der Waals surface area contributed by atoms with E-state index >= 15 is 0 Å². The molecule has 4 heteroatoms. The third-order valence-electron chi connectivity index (χ3n) is 5.35. The first-order chi connectivity index (χ1) is 11.6. The van der Waals surface area contributed by atoms with Crippen LogP contribution < -0.4 is 5.32 Å². The molecule has 134 valence electrons. The highest BCUT2D eigenvalue weighted by molar-refractivity contribution is 5.94. The summed E-state index contributed by atoms with van der Waals surface area (Å²) < 4.78 is 5.49. The maximum absolute atomic E-state index is 12.5. The summed E-state index contributed by atoms with van der Waals surface area (Å²) in [6.45, 7) is 12.8. The van der Waals surface area contributed by atoms with Gasteiger partial charge in [0.2, 0.25) is 0 Å². The molecule has 0 saturated carbocycles. The monoisotopic (exact) mass is 332 g/mol. The van der Waals surface area contributed by atoms with Crippen LogP contribution in [0, 0.1) is 19.8 Å². The van der Waals surface area contributed by atoms with Gasteiger partial charge in [-0.2, -0.15) is 0 Å². The molecular weight excluding hydrogens is 300 g/mol. The highest BCUT2D eigenvalue weighted by Crippen LogP contribution is 2.20. The van der Waals surface area contributed by atoms with Gasteiger partial charge in [0.1, 0.15) is 0 Å². The van der Waals surface area contributed by atoms with Crippen LogP contribution in [0.2, 0.25) is 0 Å². The zero-order valence-electron chi connectivity index (χ0n) is 15.6. The number of carbonyl (C=O) groups is 1. The fourth-order valence-electron chi connectivity index (χ4n) is 3.52. The molecule has 1 aromatic rings. The average molecular weight is 332 g/mol. The summed E-state index contributed by atoms with van der Waals surface area (Å²) >= 11 is 0. The van der Waals surface area contributed by atoms with Gasteiger partial charge in [0.15, 0.2) is 0 Å². The lowest BCUT2D eigenvalue weighted by molar-refractivity contribution is 0.00191. The van der Waals surface area contributed by atoms with Crippen molar-refractivity contribution in [2.45, 2.75) is 46.6 Å². The van der Waals surface area contributed by atoms with E-state index in [0.717, 1.165) is 50.3 Å². The Hall–Kier alpha value is -1.39. The molecule has 1 N–H and O–H groups in total. The first-order valence-electron chi connectivity index (χ1n) is 9.24. The number of hydrogen-bond donors (Lipinski definition) is 1. The lowest BCUT2D eigenvalue weighted by atomic mass is 9.92. The number of rotatable bonds is 7. The fourth-order valence-corrected chi connectivity index (χ4v) is 3.52. The normalized spacial score (nSPS) is 17.0. The minimum Gasteiger partial charge on any atom is -0.379 e. The Morgan fingerprint density at radius 1 is 1.17 bits per heavy atom. The van der Waals surface area contributed by atoms with E-state index < -0.39 is 0 Å². The second kappa shape index (κ2) is 9.19. The lowest BCUT2D eigenvalue weighted by Crippen LogP contribution is -2.52. The van der Waals surface area contributed by atoms with Gasteiger partial charge in [0, 0.05) is 31.2 Å². The Balaban J connectivity index is 2.02. The van der Waals surface area contributed by atoms with Crippen molar-refractivity contribution in [3.63, 3.8) is 0 Å². The minimum atomic E-state index is 0.0299. The van der Waals surface area contributed by atoms with Gasteiger partial charge < -0.3 is 10.1 Å². The van der Waals surface area contributed by atoms with Gasteiger partial charge in [-0.3, -0.25) is 9.69 Å². The first-order valence-corrected chi connectivity index (χ1v) is 9.24. The number of carbonyl (C=O) groups excluding carboxylic acids is 1. The van der Waals surface area contributed by atoms with Crippen LogP contribution in [-0.2, 0) is 4.74 Å². The summed E-state index contributed by atoms with van der Waals surface area (Å²) in [5, 5.41) is 3.17. The van der Waals surface area contributed by atoms with Crippen molar-refractivity contribution in [3.8, 4) is 0 Å². The van der Waals surface area contributed by atoms with Crippen LogP contribution in [0.1, 0.15) is 48.2 Å². The number of benzene rings is 1. The zero-order valence-corrected chi connectivity index (χ0v) is 15.6. The van der Waals surface area contributed by atoms with Crippen LogP contribution in [0.15, 0.2) is 18.2 Å². The maximum atomic E-state index is 12.5. The molecule has 1 aliphatic rings. The molecule has 0 unspecified atom stereocenters. The summed E-state index contributed by atoms with van der Waals surface area (Å²) in [6, 6.07) is 6.30. The summed E-state index contributed by atoms with van der Waals surface area (Å²) in [5.41, 5.74) is 3.13. The summed E-state index contributed by atoms with van der Waals surface area (Å²) in [6.07, 6.45) is 2.27. The number of ether oxygens (including phenoxy) is 1. The molecule has 0 bridgehead atoms. The standard InChI is InChI=1S/C20H32N2O2/c1-5-17(6-2)19(22-9-11-24-12-10-22)14-21-20(23)18-8-7-15(3)16(4)13-18/h7-8,13,17,19H,5-6,9-12,14H2,1-4H3,(H,21,23)/t19-/m0/s1. The molecule has 1 atom stereocenters. The third kappa shape index (κ3) is 4.81.